The van der Waals surface area contributed by atoms with Crippen molar-refractivity contribution in [1.82, 2.24) is 15.1 Å². The van der Waals surface area contributed by atoms with Gasteiger partial charge in [0.25, 0.3) is 0 Å². The summed E-state index contributed by atoms with van der Waals surface area (Å²) in [5.41, 5.74) is 3.98. The molecule has 0 bridgehead atoms. The molecule has 0 unspecified atom stereocenters. The second kappa shape index (κ2) is 6.36. The van der Waals surface area contributed by atoms with E-state index in [-0.39, 0.29) is 0 Å². The minimum absolute atomic E-state index is 0.889. The van der Waals surface area contributed by atoms with E-state index in [4.69, 9.17) is 0 Å². The van der Waals surface area contributed by atoms with Gasteiger partial charge in [0, 0.05) is 19.3 Å². The molecule has 3 nitrogen and oxygen atoms in total. The summed E-state index contributed by atoms with van der Waals surface area (Å²) in [7, 11) is 0. The number of aromatic nitrogens is 2. The molecule has 0 fully saturated rings. The molecule has 18 heavy (non-hydrogen) atoms. The topological polar surface area (TPSA) is 29.9 Å². The Kier molecular flexibility index (Phi) is 4.53. The standard InChI is InChI=1S/C15H21N3/c1-3-18-15(8-10-17-18)12-16-9-7-14-6-4-5-13(2)11-14/h4-6,8,10-11,16H,3,7,9,12H2,1-2H3. The lowest BCUT2D eigenvalue weighted by molar-refractivity contribution is 0.582. The van der Waals surface area contributed by atoms with Crippen molar-refractivity contribution in [3.05, 3.63) is 53.3 Å². The molecule has 0 saturated carbocycles. The molecule has 0 aliphatic carbocycles. The van der Waals surface area contributed by atoms with Gasteiger partial charge in [-0.15, -0.1) is 0 Å². The fraction of sp³-hybridized carbons (Fsp3) is 0.400. The highest BCUT2D eigenvalue weighted by Gasteiger charge is 1.99. The van der Waals surface area contributed by atoms with E-state index in [1.807, 2.05) is 10.9 Å². The zero-order chi connectivity index (χ0) is 12.8. The lowest BCUT2D eigenvalue weighted by Gasteiger charge is -2.07. The van der Waals surface area contributed by atoms with Crippen LogP contribution in [0.3, 0.4) is 0 Å². The van der Waals surface area contributed by atoms with Crippen molar-refractivity contribution in [2.24, 2.45) is 0 Å². The van der Waals surface area contributed by atoms with Crippen molar-refractivity contribution in [2.75, 3.05) is 6.54 Å². The van der Waals surface area contributed by atoms with Crippen molar-refractivity contribution in [1.29, 1.82) is 0 Å². The summed E-state index contributed by atoms with van der Waals surface area (Å²) in [4.78, 5) is 0. The van der Waals surface area contributed by atoms with Crippen molar-refractivity contribution in [2.45, 2.75) is 33.4 Å². The summed E-state index contributed by atoms with van der Waals surface area (Å²) < 4.78 is 2.03. The van der Waals surface area contributed by atoms with Crippen LogP contribution in [0.15, 0.2) is 36.5 Å². The van der Waals surface area contributed by atoms with Crippen molar-refractivity contribution in [3.63, 3.8) is 0 Å². The number of nitrogens with one attached hydrogen (secondary N) is 1. The molecule has 1 aromatic carbocycles. The summed E-state index contributed by atoms with van der Waals surface area (Å²) in [6.45, 7) is 7.07. The zero-order valence-electron chi connectivity index (χ0n) is 11.2. The first-order valence-corrected chi connectivity index (χ1v) is 6.56. The van der Waals surface area contributed by atoms with Crippen molar-refractivity contribution in [3.8, 4) is 0 Å². The predicted octanol–water partition coefficient (Wildman–Crippen LogP) is 2.54. The second-order valence-electron chi connectivity index (χ2n) is 4.55. The first-order valence-electron chi connectivity index (χ1n) is 6.56. The van der Waals surface area contributed by atoms with E-state index in [1.165, 1.54) is 16.8 Å². The molecule has 0 radical (unpaired) electrons. The third kappa shape index (κ3) is 3.44. The van der Waals surface area contributed by atoms with Gasteiger partial charge in [-0.1, -0.05) is 29.8 Å². The van der Waals surface area contributed by atoms with E-state index in [0.717, 1.165) is 26.1 Å². The Hall–Kier alpha value is -1.61. The summed E-state index contributed by atoms with van der Waals surface area (Å²) in [6, 6.07) is 10.8. The fourth-order valence-corrected chi connectivity index (χ4v) is 2.11. The van der Waals surface area contributed by atoms with Crippen LogP contribution in [0.4, 0.5) is 0 Å². The van der Waals surface area contributed by atoms with Gasteiger partial charge in [0.1, 0.15) is 0 Å². The molecule has 0 aliphatic rings. The van der Waals surface area contributed by atoms with Gasteiger partial charge in [0.05, 0.1) is 5.69 Å². The molecular formula is C15H21N3. The van der Waals surface area contributed by atoms with Crippen molar-refractivity contribution < 1.29 is 0 Å². The Labute approximate surface area is 109 Å². The van der Waals surface area contributed by atoms with Gasteiger partial charge in [-0.25, -0.2) is 0 Å². The Bertz CT molecular complexity index is 488. The molecule has 0 saturated heterocycles. The van der Waals surface area contributed by atoms with E-state index in [9.17, 15) is 0 Å². The van der Waals surface area contributed by atoms with E-state index >= 15 is 0 Å². The maximum absolute atomic E-state index is 4.26. The maximum atomic E-state index is 4.26. The van der Waals surface area contributed by atoms with Gasteiger partial charge in [0.15, 0.2) is 0 Å². The average molecular weight is 243 g/mol. The van der Waals surface area contributed by atoms with Crippen LogP contribution in [0, 0.1) is 6.92 Å². The average Bonchev–Trinajstić information content (AvgIpc) is 2.82. The van der Waals surface area contributed by atoms with Crippen LogP contribution in [0.5, 0.6) is 0 Å². The molecule has 0 atom stereocenters. The summed E-state index contributed by atoms with van der Waals surface area (Å²) in [5, 5.41) is 7.73. The SMILES string of the molecule is CCn1nccc1CNCCc1cccc(C)c1. The number of hydrogen-bond acceptors (Lipinski definition) is 2. The Balaban J connectivity index is 1.76. The lowest BCUT2D eigenvalue weighted by Crippen LogP contribution is -2.19. The van der Waals surface area contributed by atoms with Crippen LogP contribution in [-0.2, 0) is 19.5 Å². The van der Waals surface area contributed by atoms with Gasteiger partial charge in [-0.2, -0.15) is 5.10 Å². The van der Waals surface area contributed by atoms with E-state index in [0.29, 0.717) is 0 Å². The van der Waals surface area contributed by atoms with Crippen LogP contribution >= 0.6 is 0 Å². The minimum Gasteiger partial charge on any atom is -0.311 e. The molecule has 0 aliphatic heterocycles. The minimum atomic E-state index is 0.889. The molecule has 2 rings (SSSR count). The number of nitrogens with zero attached hydrogens (tertiary/aromatic N) is 2. The predicted molar refractivity (Wildman–Crippen MR) is 74.5 cm³/mol. The second-order valence-corrected chi connectivity index (χ2v) is 4.55. The first kappa shape index (κ1) is 12.8. The summed E-state index contributed by atoms with van der Waals surface area (Å²) in [5.74, 6) is 0. The lowest BCUT2D eigenvalue weighted by atomic mass is 10.1. The van der Waals surface area contributed by atoms with Crippen LogP contribution in [0.1, 0.15) is 23.7 Å². The van der Waals surface area contributed by atoms with Crippen LogP contribution in [0.25, 0.3) is 0 Å². The Morgan fingerprint density at radius 3 is 2.94 bits per heavy atom. The quantitative estimate of drug-likeness (QED) is 0.790. The highest BCUT2D eigenvalue weighted by atomic mass is 15.3. The van der Waals surface area contributed by atoms with Gasteiger partial charge >= 0.3 is 0 Å². The molecule has 2 aromatic rings. The maximum Gasteiger partial charge on any atom is 0.0521 e. The number of hydrogen-bond donors (Lipinski definition) is 1. The van der Waals surface area contributed by atoms with E-state index < -0.39 is 0 Å². The monoisotopic (exact) mass is 243 g/mol. The molecule has 0 amide bonds. The Morgan fingerprint density at radius 1 is 1.28 bits per heavy atom. The summed E-state index contributed by atoms with van der Waals surface area (Å²) in [6.07, 6.45) is 2.93. The molecule has 1 N–H and O–H groups in total. The molecule has 96 valence electrons. The fourth-order valence-electron chi connectivity index (χ4n) is 2.11. The van der Waals surface area contributed by atoms with E-state index in [2.05, 4.69) is 54.6 Å². The van der Waals surface area contributed by atoms with Crippen LogP contribution in [-0.4, -0.2) is 16.3 Å². The third-order valence-corrected chi connectivity index (χ3v) is 3.08. The number of aryl methyl sites for hydroxylation is 2. The molecule has 3 heteroatoms. The van der Waals surface area contributed by atoms with Crippen LogP contribution < -0.4 is 5.32 Å². The normalized spacial score (nSPS) is 10.8. The molecular weight excluding hydrogens is 222 g/mol. The highest BCUT2D eigenvalue weighted by Crippen LogP contribution is 2.04. The summed E-state index contributed by atoms with van der Waals surface area (Å²) >= 11 is 0. The first-order chi connectivity index (χ1) is 8.79. The smallest absolute Gasteiger partial charge is 0.0521 e. The zero-order valence-corrected chi connectivity index (χ0v) is 11.2. The van der Waals surface area contributed by atoms with Gasteiger partial charge in [-0.3, -0.25) is 4.68 Å². The van der Waals surface area contributed by atoms with Crippen molar-refractivity contribution >= 4 is 0 Å². The Morgan fingerprint density at radius 2 is 2.17 bits per heavy atom. The largest absolute Gasteiger partial charge is 0.311 e. The number of benzene rings is 1. The number of rotatable bonds is 6. The van der Waals surface area contributed by atoms with Gasteiger partial charge in [-0.05, 0) is 38.4 Å². The molecule has 0 spiro atoms. The van der Waals surface area contributed by atoms with E-state index in [1.54, 1.807) is 0 Å². The third-order valence-electron chi connectivity index (χ3n) is 3.08. The highest BCUT2D eigenvalue weighted by molar-refractivity contribution is 5.22. The molecule has 1 heterocycles. The van der Waals surface area contributed by atoms with Crippen LogP contribution in [0.2, 0.25) is 0 Å². The van der Waals surface area contributed by atoms with Gasteiger partial charge < -0.3 is 5.32 Å². The van der Waals surface area contributed by atoms with Gasteiger partial charge in [0.2, 0.25) is 0 Å². The molecule has 1 aromatic heterocycles.